The molecule has 9 heteroatoms. The summed E-state index contributed by atoms with van der Waals surface area (Å²) in [5, 5.41) is 6.66. The van der Waals surface area contributed by atoms with Crippen LogP contribution >= 0.6 is 22.7 Å². The molecule has 0 aliphatic carbocycles. The van der Waals surface area contributed by atoms with Crippen LogP contribution in [-0.2, 0) is 9.53 Å². The summed E-state index contributed by atoms with van der Waals surface area (Å²) < 4.78 is 31.6. The maximum atomic E-state index is 13.7. The lowest BCUT2D eigenvalue weighted by Gasteiger charge is -2.15. The normalized spacial score (nSPS) is 11.8. The molecule has 0 aliphatic rings. The van der Waals surface area contributed by atoms with E-state index >= 15 is 0 Å². The number of hydrogen-bond donors (Lipinski definition) is 1. The molecule has 1 N–H and O–H groups in total. The molecule has 0 spiro atoms. The fourth-order valence-corrected chi connectivity index (χ4v) is 3.90. The summed E-state index contributed by atoms with van der Waals surface area (Å²) in [6.45, 7) is 1.02. The maximum Gasteiger partial charge on any atom is 0.358 e. The lowest BCUT2D eigenvalue weighted by Crippen LogP contribution is -2.31. The number of ether oxygens (including phenoxy) is 1. The Balaban J connectivity index is 1.53. The fraction of sp³-hybridized carbons (Fsp3) is 0.167. The van der Waals surface area contributed by atoms with Crippen LogP contribution in [0.25, 0.3) is 9.88 Å². The van der Waals surface area contributed by atoms with Gasteiger partial charge in [-0.25, -0.2) is 18.6 Å². The van der Waals surface area contributed by atoms with E-state index in [0.29, 0.717) is 5.01 Å². The Morgan fingerprint density at radius 1 is 1.26 bits per heavy atom. The highest BCUT2D eigenvalue weighted by Crippen LogP contribution is 2.28. The Kier molecular flexibility index (Phi) is 5.92. The van der Waals surface area contributed by atoms with Crippen LogP contribution < -0.4 is 5.32 Å². The van der Waals surface area contributed by atoms with Crippen molar-refractivity contribution in [3.05, 3.63) is 64.0 Å². The highest BCUT2D eigenvalue weighted by atomic mass is 32.1. The van der Waals surface area contributed by atoms with Crippen molar-refractivity contribution >= 4 is 34.6 Å². The topological polar surface area (TPSA) is 68.3 Å². The summed E-state index contributed by atoms with van der Waals surface area (Å²) >= 11 is 2.81. The molecule has 0 aliphatic heterocycles. The molecule has 140 valence electrons. The first-order chi connectivity index (χ1) is 12.9. The number of esters is 1. The minimum absolute atomic E-state index is 0.119. The minimum Gasteiger partial charge on any atom is -0.451 e. The molecule has 0 radical (unpaired) electrons. The fourth-order valence-electron chi connectivity index (χ4n) is 2.30. The van der Waals surface area contributed by atoms with Gasteiger partial charge < -0.3 is 10.1 Å². The van der Waals surface area contributed by atoms with Crippen molar-refractivity contribution in [3.8, 4) is 9.88 Å². The van der Waals surface area contributed by atoms with E-state index in [0.717, 1.165) is 17.0 Å². The predicted molar refractivity (Wildman–Crippen MR) is 98.6 cm³/mol. The second kappa shape index (κ2) is 8.36. The van der Waals surface area contributed by atoms with Crippen LogP contribution in [0.4, 0.5) is 8.78 Å². The van der Waals surface area contributed by atoms with Gasteiger partial charge in [0.1, 0.15) is 16.6 Å². The van der Waals surface area contributed by atoms with Crippen LogP contribution in [0.15, 0.2) is 41.1 Å². The lowest BCUT2D eigenvalue weighted by molar-refractivity contribution is -0.124. The Morgan fingerprint density at radius 2 is 2.07 bits per heavy atom. The van der Waals surface area contributed by atoms with E-state index in [1.54, 1.807) is 12.3 Å². The minimum atomic E-state index is -0.761. The summed E-state index contributed by atoms with van der Waals surface area (Å²) in [5.41, 5.74) is 0.255. The molecule has 1 amide bonds. The van der Waals surface area contributed by atoms with Gasteiger partial charge >= 0.3 is 5.97 Å². The van der Waals surface area contributed by atoms with Gasteiger partial charge in [0.15, 0.2) is 12.3 Å². The molecule has 1 atom stereocenters. The number of hydrogen-bond acceptors (Lipinski definition) is 6. The van der Waals surface area contributed by atoms with Crippen molar-refractivity contribution in [2.75, 3.05) is 6.61 Å². The summed E-state index contributed by atoms with van der Waals surface area (Å²) in [5.74, 6) is -2.78. The predicted octanol–water partition coefficient (Wildman–Crippen LogP) is 4.18. The van der Waals surface area contributed by atoms with Crippen LogP contribution in [0, 0.1) is 11.6 Å². The van der Waals surface area contributed by atoms with E-state index < -0.39 is 36.2 Å². The van der Waals surface area contributed by atoms with Crippen LogP contribution in [0.3, 0.4) is 0 Å². The number of nitrogens with one attached hydrogen (secondary N) is 1. The van der Waals surface area contributed by atoms with Crippen molar-refractivity contribution in [1.82, 2.24) is 10.3 Å². The van der Waals surface area contributed by atoms with Gasteiger partial charge in [-0.15, -0.1) is 22.7 Å². The first-order valence-corrected chi connectivity index (χ1v) is 9.61. The van der Waals surface area contributed by atoms with Crippen LogP contribution in [0.1, 0.15) is 29.0 Å². The maximum absolute atomic E-state index is 13.7. The number of thiophene rings is 1. The average Bonchev–Trinajstić information content (AvgIpc) is 3.30. The van der Waals surface area contributed by atoms with Gasteiger partial charge in [0.2, 0.25) is 0 Å². The number of nitrogens with zero attached hydrogens (tertiary/aromatic N) is 1. The quantitative estimate of drug-likeness (QED) is 0.621. The zero-order valence-electron chi connectivity index (χ0n) is 14.1. The Morgan fingerprint density at radius 3 is 2.78 bits per heavy atom. The highest BCUT2D eigenvalue weighted by molar-refractivity contribution is 7.20. The molecule has 0 bridgehead atoms. The van der Waals surface area contributed by atoms with Crippen molar-refractivity contribution < 1.29 is 23.1 Å². The summed E-state index contributed by atoms with van der Waals surface area (Å²) in [6.07, 6.45) is 0. The molecule has 1 aromatic carbocycles. The lowest BCUT2D eigenvalue weighted by atomic mass is 10.1. The van der Waals surface area contributed by atoms with Crippen LogP contribution in [-0.4, -0.2) is 23.5 Å². The van der Waals surface area contributed by atoms with Gasteiger partial charge in [0.25, 0.3) is 5.91 Å². The summed E-state index contributed by atoms with van der Waals surface area (Å²) in [7, 11) is 0. The number of amides is 1. The van der Waals surface area contributed by atoms with Gasteiger partial charge in [-0.1, -0.05) is 12.1 Å². The Hall–Kier alpha value is -2.65. The zero-order valence-corrected chi connectivity index (χ0v) is 15.7. The van der Waals surface area contributed by atoms with Crippen molar-refractivity contribution in [2.45, 2.75) is 13.0 Å². The molecule has 0 fully saturated rings. The van der Waals surface area contributed by atoms with Gasteiger partial charge in [-0.05, 0) is 24.4 Å². The van der Waals surface area contributed by atoms with E-state index in [1.807, 2.05) is 17.5 Å². The molecule has 5 nitrogen and oxygen atoms in total. The van der Waals surface area contributed by atoms with Gasteiger partial charge in [0.05, 0.1) is 10.9 Å². The molecule has 0 saturated carbocycles. The largest absolute Gasteiger partial charge is 0.451 e. The number of aromatic nitrogens is 1. The molecule has 3 aromatic rings. The molecule has 2 heterocycles. The third kappa shape index (κ3) is 4.75. The van der Waals surface area contributed by atoms with Crippen molar-refractivity contribution in [2.24, 2.45) is 0 Å². The van der Waals surface area contributed by atoms with Crippen LogP contribution in [0.2, 0.25) is 0 Å². The number of rotatable bonds is 6. The standard InChI is InChI=1S/C18H14F2N2O3S2/c1-10(12-5-4-11(19)7-13(12)20)21-16(23)8-25-18(24)14-9-27-17(22-14)15-3-2-6-26-15/h2-7,9-10H,8H2,1H3,(H,21,23)/t10-/m1/s1. The average molecular weight is 408 g/mol. The van der Waals surface area contributed by atoms with E-state index in [9.17, 15) is 18.4 Å². The Labute approximate surface area is 161 Å². The second-order valence-corrected chi connectivity index (χ2v) is 7.35. The molecule has 3 rings (SSSR count). The Bertz CT molecular complexity index is 957. The van der Waals surface area contributed by atoms with Gasteiger partial charge in [0, 0.05) is 17.0 Å². The van der Waals surface area contributed by atoms with Crippen LogP contribution in [0.5, 0.6) is 0 Å². The molecular weight excluding hydrogens is 394 g/mol. The molecule has 27 heavy (non-hydrogen) atoms. The van der Waals surface area contributed by atoms with Crippen molar-refractivity contribution in [1.29, 1.82) is 0 Å². The molecule has 2 aromatic heterocycles. The SMILES string of the molecule is C[C@@H](NC(=O)COC(=O)c1csc(-c2cccs2)n1)c1ccc(F)cc1F. The van der Waals surface area contributed by atoms with Gasteiger partial charge in [-0.3, -0.25) is 4.79 Å². The third-order valence-electron chi connectivity index (χ3n) is 3.59. The van der Waals surface area contributed by atoms with E-state index in [2.05, 4.69) is 10.3 Å². The van der Waals surface area contributed by atoms with E-state index in [-0.39, 0.29) is 11.3 Å². The summed E-state index contributed by atoms with van der Waals surface area (Å²) in [6, 6.07) is 6.17. The van der Waals surface area contributed by atoms with E-state index in [1.165, 1.54) is 28.7 Å². The third-order valence-corrected chi connectivity index (χ3v) is 5.47. The van der Waals surface area contributed by atoms with E-state index in [4.69, 9.17) is 4.74 Å². The summed E-state index contributed by atoms with van der Waals surface area (Å²) in [4.78, 5) is 29.1. The number of carbonyl (C=O) groups is 2. The van der Waals surface area contributed by atoms with Gasteiger partial charge in [-0.2, -0.15) is 0 Å². The van der Waals surface area contributed by atoms with Crippen molar-refractivity contribution in [3.63, 3.8) is 0 Å². The molecular formula is C18H14F2N2O3S2. The zero-order chi connectivity index (χ0) is 19.4. The highest BCUT2D eigenvalue weighted by Gasteiger charge is 2.18. The second-order valence-electron chi connectivity index (χ2n) is 5.55. The smallest absolute Gasteiger partial charge is 0.358 e. The first kappa shape index (κ1) is 19.1. The monoisotopic (exact) mass is 408 g/mol. The first-order valence-electron chi connectivity index (χ1n) is 7.85. The molecule has 0 unspecified atom stereocenters. The number of thiazole rings is 1. The molecule has 0 saturated heterocycles. The number of carbonyl (C=O) groups excluding carboxylic acids is 2. The number of halogens is 2. The number of benzene rings is 1.